The summed E-state index contributed by atoms with van der Waals surface area (Å²) in [6, 6.07) is 1.74. The molecule has 0 fully saturated rings. The van der Waals surface area contributed by atoms with Crippen LogP contribution in [-0.2, 0) is 4.74 Å². The van der Waals surface area contributed by atoms with E-state index in [1.54, 1.807) is 20.2 Å². The van der Waals surface area contributed by atoms with Crippen molar-refractivity contribution in [2.45, 2.75) is 13.0 Å². The average molecular weight is 197 g/mol. The van der Waals surface area contributed by atoms with Crippen molar-refractivity contribution >= 4 is 5.82 Å². The van der Waals surface area contributed by atoms with Gasteiger partial charge in [-0.1, -0.05) is 0 Å². The van der Waals surface area contributed by atoms with Crippen molar-refractivity contribution < 1.29 is 9.47 Å². The molecule has 0 spiro atoms. The smallest absolute Gasteiger partial charge is 0.218 e. The maximum Gasteiger partial charge on any atom is 0.218 e. The Labute approximate surface area is 83.5 Å². The summed E-state index contributed by atoms with van der Waals surface area (Å²) in [5.41, 5.74) is 0. The Morgan fingerprint density at radius 1 is 1.50 bits per heavy atom. The van der Waals surface area contributed by atoms with E-state index in [1.165, 1.54) is 6.33 Å². The summed E-state index contributed by atoms with van der Waals surface area (Å²) in [6.45, 7) is 2.46. The number of anilines is 1. The molecule has 1 aromatic heterocycles. The minimum Gasteiger partial charge on any atom is -0.472 e. The van der Waals surface area contributed by atoms with Crippen molar-refractivity contribution in [1.82, 2.24) is 9.97 Å². The quantitative estimate of drug-likeness (QED) is 0.761. The van der Waals surface area contributed by atoms with Crippen LogP contribution >= 0.6 is 0 Å². The summed E-state index contributed by atoms with van der Waals surface area (Å²) in [4.78, 5) is 7.96. The molecule has 1 unspecified atom stereocenters. The van der Waals surface area contributed by atoms with E-state index < -0.39 is 0 Å². The maximum absolute atomic E-state index is 5.48. The SMILES string of the molecule is CNc1cc(OC(C)COC)ncn1. The molecule has 14 heavy (non-hydrogen) atoms. The van der Waals surface area contributed by atoms with Crippen LogP contribution in [0.1, 0.15) is 6.92 Å². The molecule has 1 N–H and O–H groups in total. The van der Waals surface area contributed by atoms with Gasteiger partial charge >= 0.3 is 0 Å². The second kappa shape index (κ2) is 5.39. The van der Waals surface area contributed by atoms with E-state index in [9.17, 15) is 0 Å². The van der Waals surface area contributed by atoms with Crippen molar-refractivity contribution in [3.8, 4) is 5.88 Å². The van der Waals surface area contributed by atoms with Gasteiger partial charge in [0.15, 0.2) is 0 Å². The highest BCUT2D eigenvalue weighted by atomic mass is 16.5. The minimum atomic E-state index is -0.0143. The monoisotopic (exact) mass is 197 g/mol. The summed E-state index contributed by atoms with van der Waals surface area (Å²) in [5, 5.41) is 2.91. The largest absolute Gasteiger partial charge is 0.472 e. The van der Waals surface area contributed by atoms with E-state index in [2.05, 4.69) is 15.3 Å². The van der Waals surface area contributed by atoms with Gasteiger partial charge in [0.1, 0.15) is 18.2 Å². The Morgan fingerprint density at radius 3 is 2.93 bits per heavy atom. The van der Waals surface area contributed by atoms with Crippen LogP contribution in [0.2, 0.25) is 0 Å². The Kier molecular flexibility index (Phi) is 4.12. The molecular formula is C9H15N3O2. The lowest BCUT2D eigenvalue weighted by Gasteiger charge is -2.12. The van der Waals surface area contributed by atoms with Crippen LogP contribution in [0.4, 0.5) is 5.82 Å². The zero-order valence-corrected chi connectivity index (χ0v) is 8.65. The first-order chi connectivity index (χ1) is 6.76. The third-order valence-electron chi connectivity index (χ3n) is 1.62. The van der Waals surface area contributed by atoms with Crippen molar-refractivity contribution in [2.24, 2.45) is 0 Å². The maximum atomic E-state index is 5.48. The van der Waals surface area contributed by atoms with Crippen LogP contribution in [-0.4, -0.2) is 36.8 Å². The number of aromatic nitrogens is 2. The predicted molar refractivity (Wildman–Crippen MR) is 53.5 cm³/mol. The lowest BCUT2D eigenvalue weighted by atomic mass is 10.4. The van der Waals surface area contributed by atoms with Crippen molar-refractivity contribution in [1.29, 1.82) is 0 Å². The third kappa shape index (κ3) is 3.18. The first-order valence-electron chi connectivity index (χ1n) is 4.41. The molecule has 0 aromatic carbocycles. The summed E-state index contributed by atoms with van der Waals surface area (Å²) in [6.07, 6.45) is 1.44. The Balaban J connectivity index is 2.57. The van der Waals surface area contributed by atoms with Crippen LogP contribution in [0.15, 0.2) is 12.4 Å². The summed E-state index contributed by atoms with van der Waals surface area (Å²) < 4.78 is 10.4. The highest BCUT2D eigenvalue weighted by molar-refractivity contribution is 5.35. The van der Waals surface area contributed by atoms with Crippen LogP contribution in [0.25, 0.3) is 0 Å². The molecule has 1 atom stereocenters. The van der Waals surface area contributed by atoms with Crippen molar-refractivity contribution in [2.75, 3.05) is 26.1 Å². The van der Waals surface area contributed by atoms with Crippen molar-refractivity contribution in [3.05, 3.63) is 12.4 Å². The molecule has 0 saturated carbocycles. The molecule has 0 aliphatic rings. The number of rotatable bonds is 5. The van der Waals surface area contributed by atoms with E-state index in [4.69, 9.17) is 9.47 Å². The van der Waals surface area contributed by atoms with Gasteiger partial charge in [0.2, 0.25) is 5.88 Å². The van der Waals surface area contributed by atoms with Gasteiger partial charge < -0.3 is 14.8 Å². The van der Waals surface area contributed by atoms with E-state index in [-0.39, 0.29) is 6.10 Å². The lowest BCUT2D eigenvalue weighted by Crippen LogP contribution is -2.18. The van der Waals surface area contributed by atoms with Gasteiger partial charge in [-0.2, -0.15) is 0 Å². The summed E-state index contributed by atoms with van der Waals surface area (Å²) in [7, 11) is 3.43. The summed E-state index contributed by atoms with van der Waals surface area (Å²) >= 11 is 0. The van der Waals surface area contributed by atoms with E-state index in [1.807, 2.05) is 6.92 Å². The van der Waals surface area contributed by atoms with E-state index in [0.717, 1.165) is 5.82 Å². The van der Waals surface area contributed by atoms with Gasteiger partial charge in [0, 0.05) is 20.2 Å². The second-order valence-electron chi connectivity index (χ2n) is 2.88. The average Bonchev–Trinajstić information content (AvgIpc) is 2.18. The zero-order valence-electron chi connectivity index (χ0n) is 8.65. The predicted octanol–water partition coefficient (Wildman–Crippen LogP) is 0.932. The topological polar surface area (TPSA) is 56.3 Å². The molecular weight excluding hydrogens is 182 g/mol. The Morgan fingerprint density at radius 2 is 2.29 bits per heavy atom. The molecule has 1 aromatic rings. The van der Waals surface area contributed by atoms with Gasteiger partial charge in [0.25, 0.3) is 0 Å². The van der Waals surface area contributed by atoms with Gasteiger partial charge in [-0.15, -0.1) is 0 Å². The summed E-state index contributed by atoms with van der Waals surface area (Å²) in [5.74, 6) is 1.29. The number of ether oxygens (including phenoxy) is 2. The van der Waals surface area contributed by atoms with Gasteiger partial charge in [-0.25, -0.2) is 9.97 Å². The second-order valence-corrected chi connectivity index (χ2v) is 2.88. The van der Waals surface area contributed by atoms with Crippen LogP contribution in [0, 0.1) is 0 Å². The molecule has 5 heteroatoms. The fraction of sp³-hybridized carbons (Fsp3) is 0.556. The number of hydrogen-bond donors (Lipinski definition) is 1. The number of nitrogens with zero attached hydrogens (tertiary/aromatic N) is 2. The Bertz CT molecular complexity index is 281. The fourth-order valence-electron chi connectivity index (χ4n) is 1.02. The molecule has 0 aliphatic carbocycles. The molecule has 0 bridgehead atoms. The van der Waals surface area contributed by atoms with Crippen LogP contribution in [0.3, 0.4) is 0 Å². The molecule has 1 heterocycles. The zero-order chi connectivity index (χ0) is 10.4. The van der Waals surface area contributed by atoms with Crippen LogP contribution < -0.4 is 10.1 Å². The van der Waals surface area contributed by atoms with Gasteiger partial charge in [-0.05, 0) is 6.92 Å². The number of hydrogen-bond acceptors (Lipinski definition) is 5. The molecule has 78 valence electrons. The normalized spacial score (nSPS) is 12.2. The van der Waals surface area contributed by atoms with E-state index >= 15 is 0 Å². The molecule has 5 nitrogen and oxygen atoms in total. The molecule has 0 amide bonds. The van der Waals surface area contributed by atoms with Crippen molar-refractivity contribution in [3.63, 3.8) is 0 Å². The first kappa shape index (κ1) is 10.7. The third-order valence-corrected chi connectivity index (χ3v) is 1.62. The Hall–Kier alpha value is -1.36. The highest BCUT2D eigenvalue weighted by Crippen LogP contribution is 2.11. The minimum absolute atomic E-state index is 0.0143. The van der Waals surface area contributed by atoms with Crippen LogP contribution in [0.5, 0.6) is 5.88 Å². The number of methoxy groups -OCH3 is 1. The highest BCUT2D eigenvalue weighted by Gasteiger charge is 2.04. The molecule has 0 saturated heterocycles. The fourth-order valence-corrected chi connectivity index (χ4v) is 1.02. The molecule has 1 rings (SSSR count). The lowest BCUT2D eigenvalue weighted by molar-refractivity contribution is 0.0889. The molecule has 0 aliphatic heterocycles. The van der Waals surface area contributed by atoms with E-state index in [0.29, 0.717) is 12.5 Å². The first-order valence-corrected chi connectivity index (χ1v) is 4.41. The van der Waals surface area contributed by atoms with Gasteiger partial charge in [0.05, 0.1) is 6.61 Å². The standard InChI is InChI=1S/C9H15N3O2/c1-7(5-13-3)14-9-4-8(10-2)11-6-12-9/h4,6-7H,5H2,1-3H3,(H,10,11,12). The molecule has 0 radical (unpaired) electrons. The number of nitrogens with one attached hydrogen (secondary N) is 1. The van der Waals surface area contributed by atoms with Gasteiger partial charge in [-0.3, -0.25) is 0 Å².